The first kappa shape index (κ1) is 29.6. The topological polar surface area (TPSA) is 121 Å². The van der Waals surface area contributed by atoms with Crippen molar-refractivity contribution in [2.45, 2.75) is 39.0 Å². The number of amides is 4. The number of hydrogen-bond acceptors (Lipinski definition) is 6. The molecule has 10 nitrogen and oxygen atoms in total. The predicted molar refractivity (Wildman–Crippen MR) is 160 cm³/mol. The average molecular weight is 560 g/mol. The van der Waals surface area contributed by atoms with Crippen LogP contribution < -0.4 is 26.2 Å². The van der Waals surface area contributed by atoms with Crippen molar-refractivity contribution >= 4 is 40.6 Å². The van der Waals surface area contributed by atoms with Gasteiger partial charge in [-0.2, -0.15) is 0 Å². The quantitative estimate of drug-likeness (QED) is 0.236. The maximum Gasteiger partial charge on any atom is 0.320 e. The van der Waals surface area contributed by atoms with E-state index in [0.717, 1.165) is 11.3 Å². The minimum absolute atomic E-state index is 0.0909. The Labute approximate surface area is 240 Å². The number of benzene rings is 3. The van der Waals surface area contributed by atoms with Crippen LogP contribution in [0.15, 0.2) is 72.8 Å². The molecule has 0 unspecified atom stereocenters. The molecule has 0 aliphatic carbocycles. The highest BCUT2D eigenvalue weighted by Gasteiger charge is 2.53. The SMILES string of the molecule is CCOC(CN1C(=O)[C@@](CC(=O)Nc2ccc(NC)cc2)(NC(=O)Nc2ccc(C)cc2)c2ccccc21)OCC. The van der Waals surface area contributed by atoms with Gasteiger partial charge < -0.3 is 35.6 Å². The highest BCUT2D eigenvalue weighted by atomic mass is 16.7. The van der Waals surface area contributed by atoms with Crippen molar-refractivity contribution in [2.24, 2.45) is 0 Å². The molecule has 1 aliphatic rings. The molecule has 0 aromatic heterocycles. The van der Waals surface area contributed by atoms with Crippen molar-refractivity contribution in [3.63, 3.8) is 0 Å². The number of ether oxygens (including phenoxy) is 2. The van der Waals surface area contributed by atoms with Gasteiger partial charge in [0.1, 0.15) is 0 Å². The van der Waals surface area contributed by atoms with Crippen LogP contribution in [0.25, 0.3) is 0 Å². The Bertz CT molecular complexity index is 1360. The van der Waals surface area contributed by atoms with Crippen molar-refractivity contribution in [1.29, 1.82) is 0 Å². The summed E-state index contributed by atoms with van der Waals surface area (Å²) in [4.78, 5) is 42.7. The minimum Gasteiger partial charge on any atom is -0.388 e. The second-order valence-electron chi connectivity index (χ2n) is 9.68. The number of aryl methyl sites for hydroxylation is 1. The lowest BCUT2D eigenvalue weighted by molar-refractivity contribution is -0.138. The van der Waals surface area contributed by atoms with E-state index in [1.165, 1.54) is 4.90 Å². The summed E-state index contributed by atoms with van der Waals surface area (Å²) in [7, 11) is 1.81. The average Bonchev–Trinajstić information content (AvgIpc) is 3.17. The number of anilines is 4. The molecule has 4 amide bonds. The van der Waals surface area contributed by atoms with Crippen LogP contribution in [-0.2, 0) is 24.6 Å². The Balaban J connectivity index is 1.68. The molecule has 0 saturated carbocycles. The second-order valence-corrected chi connectivity index (χ2v) is 9.68. The van der Waals surface area contributed by atoms with Crippen molar-refractivity contribution in [2.75, 3.05) is 47.7 Å². The van der Waals surface area contributed by atoms with Crippen molar-refractivity contribution < 1.29 is 23.9 Å². The maximum absolute atomic E-state index is 14.3. The van der Waals surface area contributed by atoms with Crippen LogP contribution in [0.5, 0.6) is 0 Å². The standard InChI is InChI=1S/C31H37N5O5/c1-5-40-28(41-6-2)20-36-26-10-8-7-9-25(26)31(29(36)38,35-30(39)34-24-13-11-21(3)12-14-24)19-27(37)33-23-17-15-22(32-4)16-18-23/h7-18,28,32H,5-6,19-20H2,1-4H3,(H,33,37)(H2,34,35,39)/t31-/m0/s1. The minimum atomic E-state index is -1.68. The number of para-hydroxylation sites is 1. The third kappa shape index (κ3) is 6.85. The van der Waals surface area contributed by atoms with Gasteiger partial charge >= 0.3 is 6.03 Å². The molecular weight excluding hydrogens is 522 g/mol. The van der Waals surface area contributed by atoms with Crippen LogP contribution in [0.2, 0.25) is 0 Å². The molecule has 4 rings (SSSR count). The summed E-state index contributed by atoms with van der Waals surface area (Å²) in [5, 5.41) is 11.6. The third-order valence-corrected chi connectivity index (χ3v) is 6.82. The molecule has 3 aromatic carbocycles. The summed E-state index contributed by atoms with van der Waals surface area (Å²) in [5.41, 5.74) is 2.46. The number of carbonyl (C=O) groups excluding carboxylic acids is 3. The lowest BCUT2D eigenvalue weighted by atomic mass is 9.87. The van der Waals surface area contributed by atoms with Gasteiger partial charge in [-0.15, -0.1) is 0 Å². The number of nitrogens with one attached hydrogen (secondary N) is 4. The molecule has 3 aromatic rings. The van der Waals surface area contributed by atoms with Gasteiger partial charge in [0.05, 0.1) is 18.7 Å². The Kier molecular flexibility index (Phi) is 9.59. The van der Waals surface area contributed by atoms with E-state index in [4.69, 9.17) is 9.47 Å². The first-order valence-electron chi connectivity index (χ1n) is 13.7. The molecule has 0 bridgehead atoms. The summed E-state index contributed by atoms with van der Waals surface area (Å²) in [6.45, 7) is 6.52. The van der Waals surface area contributed by atoms with Gasteiger partial charge in [-0.25, -0.2) is 4.79 Å². The van der Waals surface area contributed by atoms with Crippen LogP contribution in [0.1, 0.15) is 31.4 Å². The van der Waals surface area contributed by atoms with Gasteiger partial charge in [0.15, 0.2) is 11.8 Å². The largest absolute Gasteiger partial charge is 0.388 e. The van der Waals surface area contributed by atoms with Crippen LogP contribution >= 0.6 is 0 Å². The Hall–Kier alpha value is -4.41. The lowest BCUT2D eigenvalue weighted by Crippen LogP contribution is -2.56. The zero-order valence-electron chi connectivity index (χ0n) is 23.8. The highest BCUT2D eigenvalue weighted by Crippen LogP contribution is 2.43. The second kappa shape index (κ2) is 13.3. The fourth-order valence-electron chi connectivity index (χ4n) is 4.88. The highest BCUT2D eigenvalue weighted by molar-refractivity contribution is 6.12. The van der Waals surface area contributed by atoms with Crippen molar-refractivity contribution in [3.8, 4) is 0 Å². The fourth-order valence-corrected chi connectivity index (χ4v) is 4.88. The molecule has 41 heavy (non-hydrogen) atoms. The zero-order chi connectivity index (χ0) is 29.4. The van der Waals surface area contributed by atoms with Gasteiger partial charge in [0.2, 0.25) is 5.91 Å². The Morgan fingerprint density at radius 1 is 0.854 bits per heavy atom. The zero-order valence-corrected chi connectivity index (χ0v) is 23.8. The van der Waals surface area contributed by atoms with Gasteiger partial charge in [-0.05, 0) is 63.2 Å². The molecule has 1 aliphatic heterocycles. The number of rotatable bonds is 12. The fraction of sp³-hybridized carbons (Fsp3) is 0.323. The van der Waals surface area contributed by atoms with Gasteiger partial charge in [-0.3, -0.25) is 9.59 Å². The number of carbonyl (C=O) groups is 3. The summed E-state index contributed by atoms with van der Waals surface area (Å²) < 4.78 is 11.4. The summed E-state index contributed by atoms with van der Waals surface area (Å²) in [6, 6.07) is 21.0. The first-order valence-corrected chi connectivity index (χ1v) is 13.7. The molecule has 0 saturated heterocycles. The Morgan fingerprint density at radius 3 is 2.07 bits per heavy atom. The number of urea groups is 1. The van der Waals surface area contributed by atoms with E-state index < -0.39 is 29.7 Å². The van der Waals surface area contributed by atoms with E-state index in [-0.39, 0.29) is 13.0 Å². The predicted octanol–water partition coefficient (Wildman–Crippen LogP) is 4.83. The monoisotopic (exact) mass is 559 g/mol. The first-order chi connectivity index (χ1) is 19.8. The van der Waals surface area contributed by atoms with Crippen LogP contribution in [-0.4, -0.2) is 50.9 Å². The molecule has 1 atom stereocenters. The van der Waals surface area contributed by atoms with Gasteiger partial charge in [0.25, 0.3) is 5.91 Å². The van der Waals surface area contributed by atoms with E-state index in [0.29, 0.717) is 35.8 Å². The van der Waals surface area contributed by atoms with Crippen molar-refractivity contribution in [3.05, 3.63) is 83.9 Å². The molecule has 1 heterocycles. The number of hydrogen-bond donors (Lipinski definition) is 4. The van der Waals surface area contributed by atoms with E-state index in [1.54, 1.807) is 55.6 Å². The maximum atomic E-state index is 14.3. The summed E-state index contributed by atoms with van der Waals surface area (Å²) >= 11 is 0. The summed E-state index contributed by atoms with van der Waals surface area (Å²) in [5.74, 6) is -0.892. The van der Waals surface area contributed by atoms with Crippen LogP contribution in [0.3, 0.4) is 0 Å². The van der Waals surface area contributed by atoms with E-state index in [1.807, 2.05) is 45.0 Å². The summed E-state index contributed by atoms with van der Waals surface area (Å²) in [6.07, 6.45) is -1.01. The lowest BCUT2D eigenvalue weighted by Gasteiger charge is -2.30. The van der Waals surface area contributed by atoms with E-state index in [9.17, 15) is 14.4 Å². The normalized spacial score (nSPS) is 15.9. The molecule has 4 N–H and O–H groups in total. The number of nitrogens with zero attached hydrogens (tertiary/aromatic N) is 1. The van der Waals surface area contributed by atoms with Gasteiger partial charge in [-0.1, -0.05) is 35.9 Å². The molecule has 216 valence electrons. The van der Waals surface area contributed by atoms with Crippen LogP contribution in [0.4, 0.5) is 27.5 Å². The molecule has 0 fully saturated rings. The van der Waals surface area contributed by atoms with Gasteiger partial charge in [0, 0.05) is 42.9 Å². The van der Waals surface area contributed by atoms with Crippen LogP contribution in [0, 0.1) is 6.92 Å². The molecule has 0 spiro atoms. The molecule has 0 radical (unpaired) electrons. The number of fused-ring (bicyclic) bond motifs is 1. The molecule has 10 heteroatoms. The van der Waals surface area contributed by atoms with E-state index >= 15 is 0 Å². The third-order valence-electron chi connectivity index (χ3n) is 6.82. The van der Waals surface area contributed by atoms with Crippen molar-refractivity contribution in [1.82, 2.24) is 5.32 Å². The Morgan fingerprint density at radius 2 is 1.44 bits per heavy atom. The molecular formula is C31H37N5O5. The van der Waals surface area contributed by atoms with E-state index in [2.05, 4.69) is 21.3 Å². The smallest absolute Gasteiger partial charge is 0.320 e.